The lowest BCUT2D eigenvalue weighted by molar-refractivity contribution is 0.310. The molecule has 0 aromatic heterocycles. The molecule has 0 aromatic carbocycles. The van der Waals surface area contributed by atoms with Crippen molar-refractivity contribution >= 4 is 7.62 Å². The summed E-state index contributed by atoms with van der Waals surface area (Å²) in [6.45, 7) is 0.858. The first kappa shape index (κ1) is 10.0. The van der Waals surface area contributed by atoms with Gasteiger partial charge in [0.05, 0.1) is 0 Å². The first-order valence-electron chi connectivity index (χ1n) is 4.79. The van der Waals surface area contributed by atoms with Crippen LogP contribution in [-0.4, -0.2) is 27.3 Å². The molecular weight excluding hydrogens is 151 g/mol. The first-order chi connectivity index (χ1) is 5.86. The molecule has 1 rings (SSSR count). The Morgan fingerprint density at radius 1 is 1.42 bits per heavy atom. The molecule has 0 radical (unpaired) electrons. The van der Waals surface area contributed by atoms with E-state index >= 15 is 0 Å². The van der Waals surface area contributed by atoms with Crippen LogP contribution in [0.15, 0.2) is 0 Å². The Balaban J connectivity index is 2.09. The third kappa shape index (κ3) is 3.13. The molecule has 0 amide bonds. The average Bonchev–Trinajstić information content (AvgIpc) is 2.15. The van der Waals surface area contributed by atoms with Crippen LogP contribution in [0, 0.1) is 5.92 Å². The highest BCUT2D eigenvalue weighted by Crippen LogP contribution is 2.22. The molecule has 0 atom stereocenters. The summed E-state index contributed by atoms with van der Waals surface area (Å²) in [4.78, 5) is 0. The minimum absolute atomic E-state index is 0.660. The third-order valence-electron chi connectivity index (χ3n) is 2.70. The van der Waals surface area contributed by atoms with Crippen molar-refractivity contribution in [3.8, 4) is 0 Å². The molecule has 0 bridgehead atoms. The minimum Gasteiger partial charge on any atom is -0.427 e. The number of hydrogen-bond acceptors (Lipinski definition) is 3. The standard InChI is InChI=1S/C8H19BN2O/c1-12-9-11-8-4-2-7(6-10)3-5-8/h7-9,11H,2-6,10H2,1H3. The molecule has 0 unspecified atom stereocenters. The van der Waals surface area contributed by atoms with Crippen molar-refractivity contribution in [1.82, 2.24) is 5.23 Å². The number of nitrogens with one attached hydrogen (secondary N) is 1. The Bertz CT molecular complexity index is 116. The Hall–Kier alpha value is -0.0551. The molecule has 0 saturated heterocycles. The topological polar surface area (TPSA) is 47.3 Å². The Morgan fingerprint density at radius 2 is 2.08 bits per heavy atom. The van der Waals surface area contributed by atoms with Crippen LogP contribution in [0.3, 0.4) is 0 Å². The molecule has 0 spiro atoms. The van der Waals surface area contributed by atoms with Gasteiger partial charge in [0, 0.05) is 7.11 Å². The van der Waals surface area contributed by atoms with Crippen molar-refractivity contribution in [2.75, 3.05) is 13.7 Å². The number of rotatable bonds is 4. The van der Waals surface area contributed by atoms with Gasteiger partial charge in [-0.2, -0.15) is 0 Å². The summed E-state index contributed by atoms with van der Waals surface area (Å²) in [7, 11) is 2.40. The van der Waals surface area contributed by atoms with Crippen molar-refractivity contribution < 1.29 is 4.65 Å². The lowest BCUT2D eigenvalue weighted by Crippen LogP contribution is -2.37. The molecule has 0 aromatic rings. The summed E-state index contributed by atoms with van der Waals surface area (Å²) in [5.41, 5.74) is 5.60. The van der Waals surface area contributed by atoms with Crippen molar-refractivity contribution in [2.24, 2.45) is 11.7 Å². The molecule has 4 heteroatoms. The Morgan fingerprint density at radius 3 is 2.58 bits per heavy atom. The van der Waals surface area contributed by atoms with E-state index in [0.717, 1.165) is 12.5 Å². The Labute approximate surface area is 75.3 Å². The monoisotopic (exact) mass is 170 g/mol. The van der Waals surface area contributed by atoms with Gasteiger partial charge in [-0.3, -0.25) is 0 Å². The highest BCUT2D eigenvalue weighted by Gasteiger charge is 2.19. The van der Waals surface area contributed by atoms with Crippen LogP contribution in [0.25, 0.3) is 0 Å². The Kier molecular flexibility index (Phi) is 4.65. The van der Waals surface area contributed by atoms with Gasteiger partial charge < -0.3 is 15.6 Å². The lowest BCUT2D eigenvalue weighted by atomic mass is 9.85. The van der Waals surface area contributed by atoms with Gasteiger partial charge in [0.1, 0.15) is 0 Å². The maximum absolute atomic E-state index is 5.60. The second kappa shape index (κ2) is 5.57. The van der Waals surface area contributed by atoms with E-state index < -0.39 is 0 Å². The summed E-state index contributed by atoms with van der Waals surface area (Å²) in [5, 5.41) is 3.35. The summed E-state index contributed by atoms with van der Waals surface area (Å²) in [5.74, 6) is 0.769. The van der Waals surface area contributed by atoms with E-state index in [0.29, 0.717) is 13.7 Å². The molecule has 1 aliphatic rings. The third-order valence-corrected chi connectivity index (χ3v) is 2.70. The summed E-state index contributed by atoms with van der Waals surface area (Å²) < 4.78 is 4.96. The van der Waals surface area contributed by atoms with Gasteiger partial charge in [0.2, 0.25) is 0 Å². The van der Waals surface area contributed by atoms with E-state index in [2.05, 4.69) is 5.23 Å². The van der Waals surface area contributed by atoms with E-state index in [1.807, 2.05) is 0 Å². The van der Waals surface area contributed by atoms with E-state index in [1.165, 1.54) is 25.7 Å². The van der Waals surface area contributed by atoms with Crippen molar-refractivity contribution in [2.45, 2.75) is 31.7 Å². The predicted molar refractivity (Wildman–Crippen MR) is 52.1 cm³/mol. The van der Waals surface area contributed by atoms with E-state index in [9.17, 15) is 0 Å². The van der Waals surface area contributed by atoms with Gasteiger partial charge in [-0.05, 0) is 44.2 Å². The minimum atomic E-state index is 0.660. The van der Waals surface area contributed by atoms with E-state index in [-0.39, 0.29) is 0 Å². The van der Waals surface area contributed by atoms with Gasteiger partial charge in [-0.25, -0.2) is 0 Å². The maximum Gasteiger partial charge on any atom is 0.360 e. The normalized spacial score (nSPS) is 30.2. The van der Waals surface area contributed by atoms with Crippen molar-refractivity contribution in [3.63, 3.8) is 0 Å². The SMILES string of the molecule is COBNC1CCC(CN)CC1. The molecular formula is C8H19BN2O. The van der Waals surface area contributed by atoms with E-state index in [4.69, 9.17) is 10.4 Å². The largest absolute Gasteiger partial charge is 0.427 e. The average molecular weight is 170 g/mol. The van der Waals surface area contributed by atoms with Crippen molar-refractivity contribution in [3.05, 3.63) is 0 Å². The maximum atomic E-state index is 5.60. The van der Waals surface area contributed by atoms with Gasteiger partial charge >= 0.3 is 7.62 Å². The molecule has 3 nitrogen and oxygen atoms in total. The van der Waals surface area contributed by atoms with Gasteiger partial charge in [-0.1, -0.05) is 0 Å². The number of nitrogens with two attached hydrogens (primary N) is 1. The van der Waals surface area contributed by atoms with Crippen LogP contribution in [0.5, 0.6) is 0 Å². The summed E-state index contributed by atoms with van der Waals surface area (Å²) in [6, 6.07) is 0.660. The molecule has 1 saturated carbocycles. The zero-order chi connectivity index (χ0) is 8.81. The summed E-state index contributed by atoms with van der Waals surface area (Å²) >= 11 is 0. The van der Waals surface area contributed by atoms with Gasteiger partial charge in [-0.15, -0.1) is 0 Å². The second-order valence-corrected chi connectivity index (χ2v) is 3.59. The predicted octanol–water partition coefficient (Wildman–Crippen LogP) is 0.00640. The molecule has 1 fully saturated rings. The van der Waals surface area contributed by atoms with Crippen LogP contribution < -0.4 is 11.0 Å². The fraction of sp³-hybridized carbons (Fsp3) is 1.00. The van der Waals surface area contributed by atoms with Gasteiger partial charge in [0.15, 0.2) is 0 Å². The molecule has 70 valence electrons. The summed E-state index contributed by atoms with van der Waals surface area (Å²) in [6.07, 6.45) is 5.06. The molecule has 0 aliphatic heterocycles. The zero-order valence-electron chi connectivity index (χ0n) is 7.88. The number of hydrogen-bond donors (Lipinski definition) is 2. The molecule has 1 aliphatic carbocycles. The van der Waals surface area contributed by atoms with Crippen LogP contribution >= 0.6 is 0 Å². The molecule has 0 heterocycles. The lowest BCUT2D eigenvalue weighted by Gasteiger charge is -2.27. The van der Waals surface area contributed by atoms with E-state index in [1.54, 1.807) is 7.11 Å². The van der Waals surface area contributed by atoms with Gasteiger partial charge in [0.25, 0.3) is 0 Å². The molecule has 12 heavy (non-hydrogen) atoms. The quantitative estimate of drug-likeness (QED) is 0.584. The van der Waals surface area contributed by atoms with Crippen LogP contribution in [-0.2, 0) is 4.65 Å². The van der Waals surface area contributed by atoms with Crippen LogP contribution in [0.1, 0.15) is 25.7 Å². The second-order valence-electron chi connectivity index (χ2n) is 3.59. The highest BCUT2D eigenvalue weighted by atomic mass is 16.4. The van der Waals surface area contributed by atoms with Crippen LogP contribution in [0.2, 0.25) is 0 Å². The first-order valence-corrected chi connectivity index (χ1v) is 4.79. The fourth-order valence-corrected chi connectivity index (χ4v) is 1.80. The smallest absolute Gasteiger partial charge is 0.360 e. The highest BCUT2D eigenvalue weighted by molar-refractivity contribution is 6.23. The van der Waals surface area contributed by atoms with Crippen molar-refractivity contribution in [1.29, 1.82) is 0 Å². The fourth-order valence-electron chi connectivity index (χ4n) is 1.80. The molecule has 3 N–H and O–H groups in total. The van der Waals surface area contributed by atoms with Crippen LogP contribution in [0.4, 0.5) is 0 Å². The zero-order valence-corrected chi connectivity index (χ0v) is 7.88.